The van der Waals surface area contributed by atoms with Crippen molar-refractivity contribution in [3.8, 4) is 0 Å². The van der Waals surface area contributed by atoms with Gasteiger partial charge in [-0.2, -0.15) is 0 Å². The maximum absolute atomic E-state index is 10.1. The fraction of sp³-hybridized carbons (Fsp3) is 0.833. The first-order chi connectivity index (χ1) is 6.92. The Labute approximate surface area is 83.8 Å². The number of hydrogen-bond acceptors (Lipinski definition) is 7. The lowest BCUT2D eigenvalue weighted by Crippen LogP contribution is -2.54. The van der Waals surface area contributed by atoms with Crippen LogP contribution in [0.25, 0.3) is 10.4 Å². The Bertz CT molecular complexity index is 268. The first-order valence-corrected chi connectivity index (χ1v) is 3.82. The van der Waals surface area contributed by atoms with Gasteiger partial charge in [0.1, 0.15) is 18.3 Å². The number of nitrogens with zero attached hydrogens (tertiary/aromatic N) is 3. The van der Waals surface area contributed by atoms with Gasteiger partial charge in [-0.3, -0.25) is 0 Å². The minimum absolute atomic E-state index is 0.0816. The molecular formula is C6H11N3O6. The van der Waals surface area contributed by atoms with E-state index in [1.54, 1.807) is 0 Å². The van der Waals surface area contributed by atoms with Gasteiger partial charge in [-0.25, -0.2) is 0 Å². The number of aliphatic hydroxyl groups is 5. The first-order valence-electron chi connectivity index (χ1n) is 3.82. The zero-order chi connectivity index (χ0) is 12.1. The van der Waals surface area contributed by atoms with Crippen molar-refractivity contribution in [1.82, 2.24) is 0 Å². The lowest BCUT2D eigenvalue weighted by molar-refractivity contribution is -0.166. The van der Waals surface area contributed by atoms with E-state index in [0.717, 1.165) is 0 Å². The van der Waals surface area contributed by atoms with Gasteiger partial charge in [0, 0.05) is 4.91 Å². The maximum atomic E-state index is 10.1. The predicted octanol–water partition coefficient (Wildman–Crippen LogP) is -2.74. The average Bonchev–Trinajstić information content (AvgIpc) is 2.26. The molecule has 0 aromatic rings. The summed E-state index contributed by atoms with van der Waals surface area (Å²) >= 11 is 0. The van der Waals surface area contributed by atoms with Crippen LogP contribution in [0.2, 0.25) is 0 Å². The Morgan fingerprint density at radius 1 is 1.47 bits per heavy atom. The Morgan fingerprint density at radius 2 is 2.00 bits per heavy atom. The smallest absolute Gasteiger partial charge is 0.195 e. The number of rotatable bonds is 6. The van der Waals surface area contributed by atoms with E-state index >= 15 is 0 Å². The van der Waals surface area contributed by atoms with Crippen molar-refractivity contribution in [3.63, 3.8) is 0 Å². The maximum Gasteiger partial charge on any atom is 0.195 e. The highest BCUT2D eigenvalue weighted by Gasteiger charge is 2.41. The van der Waals surface area contributed by atoms with E-state index in [1.807, 2.05) is 0 Å². The van der Waals surface area contributed by atoms with Gasteiger partial charge in [0.2, 0.25) is 0 Å². The van der Waals surface area contributed by atoms with Crippen LogP contribution in [0.4, 0.5) is 0 Å². The summed E-state index contributed by atoms with van der Waals surface area (Å²) in [5.41, 5.74) is 5.33. The summed E-state index contributed by atoms with van der Waals surface area (Å²) in [6.07, 6.45) is -6.32. The zero-order valence-electron chi connectivity index (χ0n) is 7.50. The van der Waals surface area contributed by atoms with Gasteiger partial charge in [0.25, 0.3) is 0 Å². The second-order valence-corrected chi connectivity index (χ2v) is 2.79. The standard InChI is InChI=1S/C6H11N3O6/c7-9-8-6(15,2-11)5(14)4(13)3(12)1-10/h1,3-5,11-15H,2H2/t3-,4+,5-,6+/m0/s1. The van der Waals surface area contributed by atoms with E-state index < -0.39 is 30.6 Å². The third-order valence-corrected chi connectivity index (χ3v) is 1.74. The van der Waals surface area contributed by atoms with Gasteiger partial charge >= 0.3 is 0 Å². The lowest BCUT2D eigenvalue weighted by atomic mass is 9.99. The third kappa shape index (κ3) is 3.13. The Hall–Kier alpha value is -1.22. The van der Waals surface area contributed by atoms with Crippen LogP contribution in [-0.4, -0.2) is 62.5 Å². The molecule has 9 heteroatoms. The summed E-state index contributed by atoms with van der Waals surface area (Å²) in [6, 6.07) is 0. The molecule has 0 saturated heterocycles. The fourth-order valence-electron chi connectivity index (χ4n) is 0.802. The average molecular weight is 221 g/mol. The monoisotopic (exact) mass is 221 g/mol. The number of aldehydes is 1. The second kappa shape index (κ2) is 5.61. The van der Waals surface area contributed by atoms with Crippen molar-refractivity contribution in [3.05, 3.63) is 10.4 Å². The topological polar surface area (TPSA) is 167 Å². The van der Waals surface area contributed by atoms with Crippen molar-refractivity contribution in [2.24, 2.45) is 5.11 Å². The van der Waals surface area contributed by atoms with Gasteiger partial charge in [-0.1, -0.05) is 5.11 Å². The highest BCUT2D eigenvalue weighted by molar-refractivity contribution is 5.56. The summed E-state index contributed by atoms with van der Waals surface area (Å²) in [5.74, 6) is 0. The van der Waals surface area contributed by atoms with Crippen LogP contribution >= 0.6 is 0 Å². The van der Waals surface area contributed by atoms with Crippen LogP contribution in [0.1, 0.15) is 0 Å². The Morgan fingerprint density at radius 3 is 2.33 bits per heavy atom. The van der Waals surface area contributed by atoms with E-state index in [9.17, 15) is 15.0 Å². The Balaban J connectivity index is 4.86. The molecule has 0 unspecified atom stereocenters. The van der Waals surface area contributed by atoms with Crippen LogP contribution < -0.4 is 0 Å². The molecule has 5 N–H and O–H groups in total. The molecule has 0 aliphatic rings. The molecule has 86 valence electrons. The highest BCUT2D eigenvalue weighted by Crippen LogP contribution is 2.17. The van der Waals surface area contributed by atoms with Crippen molar-refractivity contribution in [2.45, 2.75) is 24.0 Å². The van der Waals surface area contributed by atoms with Crippen LogP contribution in [0, 0.1) is 0 Å². The Kier molecular flexibility index (Phi) is 5.15. The molecule has 0 rings (SSSR count). The molecule has 0 amide bonds. The SMILES string of the molecule is [N-]=[N+]=N[C@@](O)(CO)[C@@H](O)[C@H](O)[C@@H](O)C=O. The van der Waals surface area contributed by atoms with E-state index in [1.165, 1.54) is 0 Å². The predicted molar refractivity (Wildman–Crippen MR) is 45.3 cm³/mol. The number of hydrogen-bond donors (Lipinski definition) is 5. The molecule has 0 heterocycles. The van der Waals surface area contributed by atoms with Gasteiger partial charge in [-0.15, -0.1) is 0 Å². The molecule has 9 nitrogen and oxygen atoms in total. The number of carbonyl (C=O) groups is 1. The lowest BCUT2D eigenvalue weighted by Gasteiger charge is -2.30. The van der Waals surface area contributed by atoms with Crippen LogP contribution in [0.15, 0.2) is 5.11 Å². The summed E-state index contributed by atoms with van der Waals surface area (Å²) in [5, 5.41) is 47.7. The normalized spacial score (nSPS) is 20.6. The molecule has 0 aromatic carbocycles. The number of carbonyl (C=O) groups excluding carboxylic acids is 1. The highest BCUT2D eigenvalue weighted by atomic mass is 16.4. The van der Waals surface area contributed by atoms with E-state index in [4.69, 9.17) is 20.9 Å². The first kappa shape index (κ1) is 13.8. The van der Waals surface area contributed by atoms with Crippen LogP contribution in [0.3, 0.4) is 0 Å². The van der Waals surface area contributed by atoms with Crippen LogP contribution in [-0.2, 0) is 4.79 Å². The molecular weight excluding hydrogens is 210 g/mol. The summed E-state index contributed by atoms with van der Waals surface area (Å²) in [6.45, 7) is -1.18. The van der Waals surface area contributed by atoms with E-state index in [-0.39, 0.29) is 6.29 Å². The molecule has 0 radical (unpaired) electrons. The molecule has 0 aromatic heterocycles. The summed E-state index contributed by atoms with van der Waals surface area (Å²) in [7, 11) is 0. The van der Waals surface area contributed by atoms with Crippen molar-refractivity contribution < 1.29 is 30.3 Å². The number of azide groups is 1. The van der Waals surface area contributed by atoms with Crippen molar-refractivity contribution in [1.29, 1.82) is 0 Å². The molecule has 15 heavy (non-hydrogen) atoms. The summed E-state index contributed by atoms with van der Waals surface area (Å²) in [4.78, 5) is 12.2. The summed E-state index contributed by atoms with van der Waals surface area (Å²) < 4.78 is 0. The quantitative estimate of drug-likeness (QED) is 0.141. The molecule has 0 fully saturated rings. The zero-order valence-corrected chi connectivity index (χ0v) is 7.50. The second-order valence-electron chi connectivity index (χ2n) is 2.79. The van der Waals surface area contributed by atoms with Crippen molar-refractivity contribution in [2.75, 3.05) is 6.61 Å². The van der Waals surface area contributed by atoms with Gasteiger partial charge in [-0.05, 0) is 5.53 Å². The molecule has 0 aliphatic heterocycles. The molecule has 0 aliphatic carbocycles. The van der Waals surface area contributed by atoms with Crippen molar-refractivity contribution >= 4 is 6.29 Å². The fourth-order valence-corrected chi connectivity index (χ4v) is 0.802. The molecule has 0 saturated carbocycles. The molecule has 0 spiro atoms. The minimum Gasteiger partial charge on any atom is -0.393 e. The minimum atomic E-state index is -2.70. The van der Waals surface area contributed by atoms with E-state index in [0.29, 0.717) is 0 Å². The van der Waals surface area contributed by atoms with E-state index in [2.05, 4.69) is 10.0 Å². The van der Waals surface area contributed by atoms with Gasteiger partial charge in [0.15, 0.2) is 12.0 Å². The van der Waals surface area contributed by atoms with Gasteiger partial charge in [0.05, 0.1) is 6.61 Å². The van der Waals surface area contributed by atoms with Gasteiger partial charge < -0.3 is 30.3 Å². The number of aliphatic hydroxyl groups excluding tert-OH is 4. The molecule has 4 atom stereocenters. The largest absolute Gasteiger partial charge is 0.393 e. The third-order valence-electron chi connectivity index (χ3n) is 1.74. The molecule has 0 bridgehead atoms. The van der Waals surface area contributed by atoms with Crippen LogP contribution in [0.5, 0.6) is 0 Å².